The Morgan fingerprint density at radius 2 is 1.54 bits per heavy atom. The normalized spacial score (nSPS) is 23.5. The van der Waals surface area contributed by atoms with Crippen LogP contribution in [-0.4, -0.2) is 88.8 Å². The number of benzene rings is 1. The molecule has 0 aromatic heterocycles. The molecule has 3 saturated heterocycles. The van der Waals surface area contributed by atoms with E-state index in [1.54, 1.807) is 6.07 Å². The first-order valence-electron chi connectivity index (χ1n) is 11.7. The van der Waals surface area contributed by atoms with Gasteiger partial charge in [0, 0.05) is 37.8 Å². The van der Waals surface area contributed by atoms with Crippen LogP contribution in [0.15, 0.2) is 24.3 Å². The molecule has 2 N–H and O–H groups in total. The van der Waals surface area contributed by atoms with Gasteiger partial charge in [0.1, 0.15) is 5.82 Å². The molecule has 1 amide bonds. The Morgan fingerprint density at radius 1 is 0.949 bits per heavy atom. The highest BCUT2D eigenvalue weighted by atomic mass is 19.4. The molecule has 0 aliphatic carbocycles. The van der Waals surface area contributed by atoms with Crippen LogP contribution in [0.2, 0.25) is 0 Å². The van der Waals surface area contributed by atoms with Gasteiger partial charge in [-0.1, -0.05) is 18.2 Å². The topological polar surface area (TPSA) is 117 Å². The largest absolute Gasteiger partial charge is 0.490 e. The van der Waals surface area contributed by atoms with Crippen LogP contribution in [-0.2, 0) is 30.5 Å². The number of alkyl halides is 6. The molecule has 0 saturated carbocycles. The summed E-state index contributed by atoms with van der Waals surface area (Å²) in [7, 11) is 0. The first-order valence-corrected chi connectivity index (χ1v) is 11.7. The Kier molecular flexibility index (Phi) is 11.5. The van der Waals surface area contributed by atoms with E-state index in [1.807, 2.05) is 12.1 Å². The minimum atomic E-state index is -5.08. The molecule has 3 aliphatic heterocycles. The van der Waals surface area contributed by atoms with Crippen molar-refractivity contribution in [2.24, 2.45) is 5.92 Å². The van der Waals surface area contributed by atoms with Gasteiger partial charge in [0.2, 0.25) is 0 Å². The fourth-order valence-corrected chi connectivity index (χ4v) is 4.23. The Morgan fingerprint density at radius 3 is 2.05 bits per heavy atom. The average Bonchev–Trinajstić information content (AvgIpc) is 3.34. The molecule has 3 fully saturated rings. The smallest absolute Gasteiger partial charge is 0.475 e. The third-order valence-electron chi connectivity index (χ3n) is 6.03. The summed E-state index contributed by atoms with van der Waals surface area (Å²) in [5.41, 5.74) is 0.676. The van der Waals surface area contributed by atoms with Crippen LogP contribution in [0, 0.1) is 11.7 Å². The summed E-state index contributed by atoms with van der Waals surface area (Å²) < 4.78 is 83.4. The number of carboxylic acids is 2. The van der Waals surface area contributed by atoms with Gasteiger partial charge in [-0.3, -0.25) is 14.5 Å². The lowest BCUT2D eigenvalue weighted by Gasteiger charge is -2.41. The number of hydrogen-bond donors (Lipinski definition) is 2. The molecule has 0 bridgehead atoms. The highest BCUT2D eigenvalue weighted by Crippen LogP contribution is 2.33. The van der Waals surface area contributed by atoms with Crippen LogP contribution in [0.4, 0.5) is 30.7 Å². The molecule has 39 heavy (non-hydrogen) atoms. The molecule has 4 rings (SSSR count). The minimum Gasteiger partial charge on any atom is -0.475 e. The molecule has 1 aromatic rings. The van der Waals surface area contributed by atoms with Crippen molar-refractivity contribution >= 4 is 17.8 Å². The maximum absolute atomic E-state index is 14.1. The molecule has 220 valence electrons. The van der Waals surface area contributed by atoms with Gasteiger partial charge in [-0.25, -0.2) is 19.0 Å². The van der Waals surface area contributed by atoms with Crippen LogP contribution in [0.25, 0.3) is 0 Å². The Bertz CT molecular complexity index is 960. The maximum Gasteiger partial charge on any atom is 0.490 e. The summed E-state index contributed by atoms with van der Waals surface area (Å²) in [4.78, 5) is 38.4. The van der Waals surface area contributed by atoms with E-state index in [4.69, 9.17) is 29.4 Å². The van der Waals surface area contributed by atoms with Crippen molar-refractivity contribution in [1.82, 2.24) is 9.96 Å². The number of hydrogen-bond acceptors (Lipinski definition) is 6. The van der Waals surface area contributed by atoms with E-state index in [2.05, 4.69) is 4.90 Å². The predicted octanol–water partition coefficient (Wildman–Crippen LogP) is 3.63. The summed E-state index contributed by atoms with van der Waals surface area (Å²) in [6, 6.07) is 7.14. The lowest BCUT2D eigenvalue weighted by Crippen LogP contribution is -2.53. The number of hydroxylamine groups is 2. The van der Waals surface area contributed by atoms with Crippen molar-refractivity contribution in [2.45, 2.75) is 56.7 Å². The second-order valence-electron chi connectivity index (χ2n) is 8.81. The number of carbonyl (C=O) groups is 3. The van der Waals surface area contributed by atoms with Crippen LogP contribution in [0.3, 0.4) is 0 Å². The quantitative estimate of drug-likeness (QED) is 0.525. The second kappa shape index (κ2) is 13.9. The van der Waals surface area contributed by atoms with Crippen molar-refractivity contribution in [3.63, 3.8) is 0 Å². The van der Waals surface area contributed by atoms with Crippen LogP contribution in [0.1, 0.15) is 31.2 Å². The van der Waals surface area contributed by atoms with Gasteiger partial charge in [-0.15, -0.1) is 0 Å². The van der Waals surface area contributed by atoms with E-state index >= 15 is 0 Å². The first kappa shape index (κ1) is 32.2. The van der Waals surface area contributed by atoms with Crippen molar-refractivity contribution in [1.29, 1.82) is 0 Å². The van der Waals surface area contributed by atoms with E-state index < -0.39 is 24.3 Å². The van der Waals surface area contributed by atoms with Crippen molar-refractivity contribution in [3.8, 4) is 0 Å². The highest BCUT2D eigenvalue weighted by Gasteiger charge is 2.44. The molecule has 0 unspecified atom stereocenters. The lowest BCUT2D eigenvalue weighted by atomic mass is 9.89. The second-order valence-corrected chi connectivity index (χ2v) is 8.81. The summed E-state index contributed by atoms with van der Waals surface area (Å²) in [6.07, 6.45) is -6.45. The number of piperidine rings is 1. The molecular formula is C23H27F7N2O7. The first-order chi connectivity index (χ1) is 18.1. The number of likely N-dealkylation sites (tertiary alicyclic amines) is 1. The molecule has 1 aromatic carbocycles. The SMILES string of the molecule is O=C(O)C(F)(F)F.O=C(O)C(F)(F)F.O=C([C@H]1C[C@H]2OCC[C@H]2N(Cc2ccccc2F)C1)N1CCCCO1. The molecule has 0 radical (unpaired) electrons. The molecular weight excluding hydrogens is 549 g/mol. The standard InChI is InChI=1S/C19H25FN2O3.2C2HF3O2/c20-16-6-2-1-5-14(16)12-21-13-15(11-18-17(21)7-10-24-18)19(23)22-8-3-4-9-25-22;2*3-2(4,5)1(6)7/h1-2,5-6,15,17-18H,3-4,7-13H2;2*(H,6,7)/t15-,17+,18+;;/m0../s1. The predicted molar refractivity (Wildman–Crippen MR) is 117 cm³/mol. The van der Waals surface area contributed by atoms with Crippen molar-refractivity contribution < 1.29 is 64.9 Å². The van der Waals surface area contributed by atoms with Gasteiger partial charge in [0.15, 0.2) is 0 Å². The van der Waals surface area contributed by atoms with Crippen LogP contribution in [0.5, 0.6) is 0 Å². The average molecular weight is 576 g/mol. The van der Waals surface area contributed by atoms with E-state index in [1.165, 1.54) is 11.1 Å². The molecule has 3 heterocycles. The number of carbonyl (C=O) groups excluding carboxylic acids is 1. The molecule has 9 nitrogen and oxygen atoms in total. The number of ether oxygens (including phenoxy) is 1. The Hall–Kier alpha value is -2.98. The van der Waals surface area contributed by atoms with Gasteiger partial charge in [-0.05, 0) is 31.7 Å². The van der Waals surface area contributed by atoms with E-state index in [-0.39, 0.29) is 29.8 Å². The van der Waals surface area contributed by atoms with Gasteiger partial charge >= 0.3 is 24.3 Å². The number of aliphatic carboxylic acids is 2. The summed E-state index contributed by atoms with van der Waals surface area (Å²) >= 11 is 0. The Labute approximate surface area is 218 Å². The number of halogens is 7. The number of carboxylic acid groups (broad SMARTS) is 2. The number of nitrogens with zero attached hydrogens (tertiary/aromatic N) is 2. The van der Waals surface area contributed by atoms with E-state index in [9.17, 15) is 35.5 Å². The number of amides is 1. The van der Waals surface area contributed by atoms with Crippen LogP contribution >= 0.6 is 0 Å². The van der Waals surface area contributed by atoms with Crippen LogP contribution < -0.4 is 0 Å². The zero-order valence-electron chi connectivity index (χ0n) is 20.4. The van der Waals surface area contributed by atoms with Crippen molar-refractivity contribution in [2.75, 3.05) is 26.3 Å². The third kappa shape index (κ3) is 9.93. The van der Waals surface area contributed by atoms with E-state index in [0.29, 0.717) is 38.4 Å². The Balaban J connectivity index is 0.000000317. The molecule has 3 aliphatic rings. The molecule has 0 spiro atoms. The third-order valence-corrected chi connectivity index (χ3v) is 6.03. The van der Waals surface area contributed by atoms with Gasteiger partial charge in [0.25, 0.3) is 5.91 Å². The number of fused-ring (bicyclic) bond motifs is 1. The van der Waals surface area contributed by atoms with Gasteiger partial charge in [0.05, 0.1) is 18.6 Å². The lowest BCUT2D eigenvalue weighted by molar-refractivity contribution is -0.204. The highest BCUT2D eigenvalue weighted by molar-refractivity contribution is 5.78. The number of rotatable bonds is 3. The van der Waals surface area contributed by atoms with Gasteiger partial charge < -0.3 is 14.9 Å². The van der Waals surface area contributed by atoms with Crippen molar-refractivity contribution in [3.05, 3.63) is 35.6 Å². The zero-order chi connectivity index (χ0) is 29.4. The summed E-state index contributed by atoms with van der Waals surface area (Å²) in [5.74, 6) is -5.80. The van der Waals surface area contributed by atoms with E-state index in [0.717, 1.165) is 25.7 Å². The summed E-state index contributed by atoms with van der Waals surface area (Å²) in [6.45, 7) is 3.14. The molecule has 16 heteroatoms. The summed E-state index contributed by atoms with van der Waals surface area (Å²) in [5, 5.41) is 15.8. The fourth-order valence-electron chi connectivity index (χ4n) is 4.23. The zero-order valence-corrected chi connectivity index (χ0v) is 20.4. The monoisotopic (exact) mass is 576 g/mol. The van der Waals surface area contributed by atoms with Gasteiger partial charge in [-0.2, -0.15) is 26.3 Å². The minimum absolute atomic E-state index is 0.0483. The molecule has 3 atom stereocenters. The maximum atomic E-state index is 14.1. The fraction of sp³-hybridized carbons (Fsp3) is 0.609.